The molecule has 5 rings (SSSR count). The van der Waals surface area contributed by atoms with Crippen LogP contribution in [0.3, 0.4) is 0 Å². The second-order valence-electron chi connectivity index (χ2n) is 6.85. The van der Waals surface area contributed by atoms with Crippen LogP contribution < -0.4 is 9.80 Å². The Morgan fingerprint density at radius 2 is 1.70 bits per heavy atom. The van der Waals surface area contributed by atoms with Crippen molar-refractivity contribution in [3.63, 3.8) is 0 Å². The predicted molar refractivity (Wildman–Crippen MR) is 121 cm³/mol. The molecule has 0 N–H and O–H groups in total. The van der Waals surface area contributed by atoms with Gasteiger partial charge in [0.15, 0.2) is 0 Å². The third kappa shape index (κ3) is 3.71. The Hall–Kier alpha value is -3.45. The SMILES string of the molecule is c1cncc(N(Cc2cccnc2N2CCSc3ccccc32)c2cncnc2)c1. The van der Waals surface area contributed by atoms with E-state index in [0.29, 0.717) is 6.54 Å². The van der Waals surface area contributed by atoms with E-state index >= 15 is 0 Å². The lowest BCUT2D eigenvalue weighted by Gasteiger charge is -2.32. The second kappa shape index (κ2) is 8.51. The van der Waals surface area contributed by atoms with Crippen molar-refractivity contribution in [3.05, 3.63) is 91.4 Å². The summed E-state index contributed by atoms with van der Waals surface area (Å²) in [5.41, 5.74) is 4.24. The molecule has 1 aliphatic rings. The minimum atomic E-state index is 0.633. The number of anilines is 4. The summed E-state index contributed by atoms with van der Waals surface area (Å²) in [7, 11) is 0. The highest BCUT2D eigenvalue weighted by atomic mass is 32.2. The third-order valence-corrected chi connectivity index (χ3v) is 6.04. The van der Waals surface area contributed by atoms with Gasteiger partial charge in [-0.05, 0) is 30.3 Å². The smallest absolute Gasteiger partial charge is 0.138 e. The molecule has 1 aliphatic heterocycles. The zero-order valence-electron chi connectivity index (χ0n) is 16.3. The predicted octanol–water partition coefficient (Wildman–Crippen LogP) is 4.85. The van der Waals surface area contributed by atoms with Crippen molar-refractivity contribution in [2.75, 3.05) is 22.1 Å². The number of nitrogens with zero attached hydrogens (tertiary/aromatic N) is 6. The first kappa shape index (κ1) is 18.6. The number of thioether (sulfide) groups is 1. The lowest BCUT2D eigenvalue weighted by Crippen LogP contribution is -2.27. The van der Waals surface area contributed by atoms with Crippen molar-refractivity contribution in [3.8, 4) is 0 Å². The fourth-order valence-electron chi connectivity index (χ4n) is 3.63. The molecule has 0 unspecified atom stereocenters. The molecule has 1 aromatic carbocycles. The van der Waals surface area contributed by atoms with Crippen LogP contribution in [0.2, 0.25) is 0 Å². The van der Waals surface area contributed by atoms with E-state index in [9.17, 15) is 0 Å². The van der Waals surface area contributed by atoms with E-state index in [0.717, 1.165) is 35.1 Å². The Morgan fingerprint density at radius 3 is 2.57 bits per heavy atom. The molecule has 7 heteroatoms. The van der Waals surface area contributed by atoms with Crippen LogP contribution in [-0.2, 0) is 6.54 Å². The van der Waals surface area contributed by atoms with Gasteiger partial charge in [-0.15, -0.1) is 11.8 Å². The molecule has 6 nitrogen and oxygen atoms in total. The summed E-state index contributed by atoms with van der Waals surface area (Å²) in [6.07, 6.45) is 10.7. The van der Waals surface area contributed by atoms with Gasteiger partial charge in [-0.3, -0.25) is 4.98 Å². The van der Waals surface area contributed by atoms with Gasteiger partial charge in [-0.2, -0.15) is 0 Å². The van der Waals surface area contributed by atoms with Crippen molar-refractivity contribution in [2.45, 2.75) is 11.4 Å². The van der Waals surface area contributed by atoms with Crippen LogP contribution in [0.4, 0.5) is 22.9 Å². The molecule has 0 radical (unpaired) electrons. The number of para-hydroxylation sites is 1. The largest absolute Gasteiger partial charge is 0.333 e. The Labute approximate surface area is 179 Å². The number of benzene rings is 1. The summed E-state index contributed by atoms with van der Waals surface area (Å²) < 4.78 is 0. The van der Waals surface area contributed by atoms with Crippen molar-refractivity contribution in [1.82, 2.24) is 19.9 Å². The summed E-state index contributed by atoms with van der Waals surface area (Å²) in [6.45, 7) is 1.56. The minimum absolute atomic E-state index is 0.633. The number of hydrogen-bond acceptors (Lipinski definition) is 7. The quantitative estimate of drug-likeness (QED) is 0.464. The highest BCUT2D eigenvalue weighted by Gasteiger charge is 2.23. The number of fused-ring (bicyclic) bond motifs is 1. The van der Waals surface area contributed by atoms with Gasteiger partial charge in [-0.25, -0.2) is 15.0 Å². The number of hydrogen-bond donors (Lipinski definition) is 0. The maximum absolute atomic E-state index is 4.78. The number of rotatable bonds is 5. The maximum Gasteiger partial charge on any atom is 0.138 e. The molecule has 4 aromatic rings. The van der Waals surface area contributed by atoms with Gasteiger partial charge in [0.25, 0.3) is 0 Å². The lowest BCUT2D eigenvalue weighted by molar-refractivity contribution is 0.904. The fourth-order valence-corrected chi connectivity index (χ4v) is 4.63. The van der Waals surface area contributed by atoms with E-state index in [1.165, 1.54) is 10.6 Å². The molecule has 148 valence electrons. The Bertz CT molecular complexity index is 1080. The zero-order valence-corrected chi connectivity index (χ0v) is 17.1. The maximum atomic E-state index is 4.78. The standard InChI is InChI=1S/C23H20N6S/c1-2-8-22-21(7-1)28(11-12-30-22)23-18(5-3-10-27-23)16-29(19-6-4-9-24-13-19)20-14-25-17-26-15-20/h1-10,13-15,17H,11-12,16H2. The molecule has 3 aromatic heterocycles. The average molecular weight is 413 g/mol. The van der Waals surface area contributed by atoms with Crippen molar-refractivity contribution >= 4 is 34.6 Å². The van der Waals surface area contributed by atoms with Crippen LogP contribution in [0, 0.1) is 0 Å². The molecule has 0 spiro atoms. The van der Waals surface area contributed by atoms with E-state index in [1.54, 1.807) is 12.5 Å². The Kier molecular flexibility index (Phi) is 5.26. The molecule has 0 saturated heterocycles. The van der Waals surface area contributed by atoms with Crippen molar-refractivity contribution in [1.29, 1.82) is 0 Å². The second-order valence-corrected chi connectivity index (χ2v) is 7.98. The van der Waals surface area contributed by atoms with Crippen molar-refractivity contribution < 1.29 is 0 Å². The van der Waals surface area contributed by atoms with E-state index in [4.69, 9.17) is 4.98 Å². The van der Waals surface area contributed by atoms with Crippen LogP contribution in [0.1, 0.15) is 5.56 Å². The van der Waals surface area contributed by atoms with Gasteiger partial charge < -0.3 is 9.80 Å². The first-order valence-corrected chi connectivity index (χ1v) is 10.7. The fraction of sp³-hybridized carbons (Fsp3) is 0.130. The molecule has 0 amide bonds. The van der Waals surface area contributed by atoms with Crippen LogP contribution in [0.5, 0.6) is 0 Å². The normalized spacial score (nSPS) is 13.0. The zero-order chi connectivity index (χ0) is 20.2. The van der Waals surface area contributed by atoms with Crippen LogP contribution in [0.15, 0.2) is 90.7 Å². The van der Waals surface area contributed by atoms with Gasteiger partial charge in [0.1, 0.15) is 12.1 Å². The molecule has 0 saturated carbocycles. The van der Waals surface area contributed by atoms with E-state index in [1.807, 2.05) is 54.7 Å². The summed E-state index contributed by atoms with van der Waals surface area (Å²) in [4.78, 5) is 23.3. The van der Waals surface area contributed by atoms with Gasteiger partial charge >= 0.3 is 0 Å². The minimum Gasteiger partial charge on any atom is -0.333 e. The monoisotopic (exact) mass is 412 g/mol. The summed E-state index contributed by atoms with van der Waals surface area (Å²) in [6, 6.07) is 16.6. The molecule has 0 atom stereocenters. The molecule has 4 heterocycles. The van der Waals surface area contributed by atoms with E-state index in [2.05, 4.69) is 55.1 Å². The number of pyridine rings is 2. The molecule has 0 bridgehead atoms. The van der Waals surface area contributed by atoms with Crippen LogP contribution in [-0.4, -0.2) is 32.2 Å². The van der Waals surface area contributed by atoms with Crippen molar-refractivity contribution in [2.24, 2.45) is 0 Å². The first-order valence-electron chi connectivity index (χ1n) is 9.76. The van der Waals surface area contributed by atoms with Gasteiger partial charge in [0.2, 0.25) is 0 Å². The third-order valence-electron chi connectivity index (χ3n) is 5.00. The summed E-state index contributed by atoms with van der Waals surface area (Å²) >= 11 is 1.90. The van der Waals surface area contributed by atoms with E-state index in [-0.39, 0.29) is 0 Å². The molecule has 0 fully saturated rings. The number of aromatic nitrogens is 4. The highest BCUT2D eigenvalue weighted by Crippen LogP contribution is 2.39. The Morgan fingerprint density at radius 1 is 0.867 bits per heavy atom. The Balaban J connectivity index is 1.55. The van der Waals surface area contributed by atoms with Gasteiger partial charge in [0.05, 0.1) is 42.2 Å². The van der Waals surface area contributed by atoms with Crippen LogP contribution in [0.25, 0.3) is 0 Å². The van der Waals surface area contributed by atoms with Gasteiger partial charge in [-0.1, -0.05) is 18.2 Å². The average Bonchev–Trinajstić information content (AvgIpc) is 2.83. The molecular weight excluding hydrogens is 392 g/mol. The van der Waals surface area contributed by atoms with Crippen LogP contribution >= 0.6 is 11.8 Å². The molecular formula is C23H20N6S. The van der Waals surface area contributed by atoms with E-state index < -0.39 is 0 Å². The topological polar surface area (TPSA) is 58.0 Å². The first-order chi connectivity index (χ1) is 14.9. The molecule has 0 aliphatic carbocycles. The molecule has 30 heavy (non-hydrogen) atoms. The highest BCUT2D eigenvalue weighted by molar-refractivity contribution is 7.99. The van der Waals surface area contributed by atoms with Gasteiger partial charge in [0, 0.05) is 35.2 Å². The summed E-state index contributed by atoms with van der Waals surface area (Å²) in [5.74, 6) is 2.02. The lowest BCUT2D eigenvalue weighted by atomic mass is 10.1. The summed E-state index contributed by atoms with van der Waals surface area (Å²) in [5, 5.41) is 0.